The van der Waals surface area contributed by atoms with Crippen molar-refractivity contribution in [3.05, 3.63) is 70.5 Å². The molecule has 0 atom stereocenters. The molecule has 0 saturated heterocycles. The fourth-order valence-electron chi connectivity index (χ4n) is 4.45. The lowest BCUT2D eigenvalue weighted by Crippen LogP contribution is -2.48. The molecule has 1 fully saturated rings. The summed E-state index contributed by atoms with van der Waals surface area (Å²) in [6.07, 6.45) is 1.62. The van der Waals surface area contributed by atoms with Crippen molar-refractivity contribution < 1.29 is 23.9 Å². The van der Waals surface area contributed by atoms with Gasteiger partial charge in [0.15, 0.2) is 0 Å². The Kier molecular flexibility index (Phi) is 5.87. The van der Waals surface area contributed by atoms with E-state index < -0.39 is 11.5 Å². The molecule has 0 unspecified atom stereocenters. The third-order valence-corrected chi connectivity index (χ3v) is 6.29. The SMILES string of the molecule is COc1ccc(CC(=O)OC2=C(c3cc(C)ccc3C)C(=O)NC23CCC(=O)CC3)cc1. The number of hydrogen-bond acceptors (Lipinski definition) is 5. The number of Topliss-reactive ketones (excluding diaryl/α,β-unsaturated/α-hetero) is 1. The predicted molar refractivity (Wildman–Crippen MR) is 120 cm³/mol. The molecule has 1 aliphatic carbocycles. The molecule has 32 heavy (non-hydrogen) atoms. The number of nitrogens with one attached hydrogen (secondary N) is 1. The third kappa shape index (κ3) is 4.17. The van der Waals surface area contributed by atoms with E-state index in [1.807, 2.05) is 44.2 Å². The second kappa shape index (κ2) is 8.61. The zero-order valence-electron chi connectivity index (χ0n) is 18.6. The second-order valence-electron chi connectivity index (χ2n) is 8.60. The third-order valence-electron chi connectivity index (χ3n) is 6.29. The summed E-state index contributed by atoms with van der Waals surface area (Å²) >= 11 is 0. The molecule has 2 aliphatic rings. The Morgan fingerprint density at radius 2 is 1.72 bits per heavy atom. The fraction of sp³-hybridized carbons (Fsp3) is 0.346. The van der Waals surface area contributed by atoms with Gasteiger partial charge in [0.2, 0.25) is 0 Å². The van der Waals surface area contributed by atoms with E-state index in [1.165, 1.54) is 0 Å². The number of hydrogen-bond donors (Lipinski definition) is 1. The van der Waals surface area contributed by atoms with Gasteiger partial charge in [-0.2, -0.15) is 0 Å². The largest absolute Gasteiger partial charge is 0.497 e. The van der Waals surface area contributed by atoms with Crippen molar-refractivity contribution >= 4 is 23.2 Å². The van der Waals surface area contributed by atoms with Crippen LogP contribution in [0.2, 0.25) is 0 Å². The van der Waals surface area contributed by atoms with Crippen LogP contribution in [-0.4, -0.2) is 30.3 Å². The first-order valence-electron chi connectivity index (χ1n) is 10.8. The first-order chi connectivity index (χ1) is 15.3. The van der Waals surface area contributed by atoms with Crippen LogP contribution in [-0.2, 0) is 25.5 Å². The van der Waals surface area contributed by atoms with Gasteiger partial charge in [-0.3, -0.25) is 14.4 Å². The van der Waals surface area contributed by atoms with Crippen molar-refractivity contribution in [1.82, 2.24) is 5.32 Å². The number of rotatable bonds is 5. The van der Waals surface area contributed by atoms with E-state index in [-0.39, 0.29) is 18.1 Å². The number of benzene rings is 2. The lowest BCUT2D eigenvalue weighted by Gasteiger charge is -2.34. The van der Waals surface area contributed by atoms with Gasteiger partial charge in [-0.25, -0.2) is 0 Å². The Labute approximate surface area is 187 Å². The smallest absolute Gasteiger partial charge is 0.315 e. The van der Waals surface area contributed by atoms with Gasteiger partial charge in [0.25, 0.3) is 5.91 Å². The number of amides is 1. The van der Waals surface area contributed by atoms with Gasteiger partial charge in [-0.15, -0.1) is 0 Å². The van der Waals surface area contributed by atoms with Crippen molar-refractivity contribution in [3.63, 3.8) is 0 Å². The molecule has 1 N–H and O–H groups in total. The average Bonchev–Trinajstić information content (AvgIpc) is 3.03. The fourth-order valence-corrected chi connectivity index (χ4v) is 4.45. The minimum Gasteiger partial charge on any atom is -0.497 e. The van der Waals surface area contributed by atoms with E-state index in [0.29, 0.717) is 42.8 Å². The quantitative estimate of drug-likeness (QED) is 0.725. The van der Waals surface area contributed by atoms with Gasteiger partial charge in [-0.1, -0.05) is 35.9 Å². The summed E-state index contributed by atoms with van der Waals surface area (Å²) < 4.78 is 11.1. The summed E-state index contributed by atoms with van der Waals surface area (Å²) in [6.45, 7) is 3.89. The molecule has 1 amide bonds. The highest BCUT2D eigenvalue weighted by Crippen LogP contribution is 2.43. The number of aryl methyl sites for hydroxylation is 2. The van der Waals surface area contributed by atoms with Gasteiger partial charge in [-0.05, 0) is 55.5 Å². The van der Waals surface area contributed by atoms with Gasteiger partial charge >= 0.3 is 5.97 Å². The topological polar surface area (TPSA) is 81.7 Å². The zero-order chi connectivity index (χ0) is 22.9. The van der Waals surface area contributed by atoms with Crippen LogP contribution in [0.1, 0.15) is 47.9 Å². The molecule has 2 aromatic carbocycles. The van der Waals surface area contributed by atoms with E-state index >= 15 is 0 Å². The molecule has 2 aromatic rings. The first-order valence-corrected chi connectivity index (χ1v) is 10.8. The number of esters is 1. The van der Waals surface area contributed by atoms with Crippen molar-refractivity contribution in [1.29, 1.82) is 0 Å². The highest BCUT2D eigenvalue weighted by molar-refractivity contribution is 6.24. The molecule has 6 nitrogen and oxygen atoms in total. The Hall–Kier alpha value is -3.41. The first kappa shape index (κ1) is 21.8. The van der Waals surface area contributed by atoms with Gasteiger partial charge in [0.1, 0.15) is 22.8 Å². The van der Waals surface area contributed by atoms with Crippen LogP contribution in [0.3, 0.4) is 0 Å². The number of ether oxygens (including phenoxy) is 2. The Morgan fingerprint density at radius 1 is 1.03 bits per heavy atom. The van der Waals surface area contributed by atoms with Crippen LogP contribution >= 0.6 is 0 Å². The van der Waals surface area contributed by atoms with Crippen LogP contribution in [0.4, 0.5) is 0 Å². The molecular weight excluding hydrogens is 406 g/mol. The zero-order valence-corrected chi connectivity index (χ0v) is 18.6. The molecular formula is C26H27NO5. The summed E-state index contributed by atoms with van der Waals surface area (Å²) in [5.41, 5.74) is 3.04. The highest BCUT2D eigenvalue weighted by Gasteiger charge is 2.49. The minimum absolute atomic E-state index is 0.0662. The molecule has 0 radical (unpaired) electrons. The molecule has 166 valence electrons. The molecule has 6 heteroatoms. The molecule has 0 aromatic heterocycles. The number of methoxy groups -OCH3 is 1. The summed E-state index contributed by atoms with van der Waals surface area (Å²) in [5.74, 6) is 0.510. The summed E-state index contributed by atoms with van der Waals surface area (Å²) in [5, 5.41) is 3.06. The molecule has 1 heterocycles. The summed E-state index contributed by atoms with van der Waals surface area (Å²) in [7, 11) is 1.59. The minimum atomic E-state index is -0.827. The maximum absolute atomic E-state index is 13.2. The monoisotopic (exact) mass is 433 g/mol. The normalized spacial score (nSPS) is 17.5. The van der Waals surface area contributed by atoms with Crippen LogP contribution in [0.15, 0.2) is 48.2 Å². The number of carbonyl (C=O) groups excluding carboxylic acids is 3. The lowest BCUT2D eigenvalue weighted by atomic mass is 9.79. The summed E-state index contributed by atoms with van der Waals surface area (Å²) in [4.78, 5) is 38.0. The lowest BCUT2D eigenvalue weighted by molar-refractivity contribution is -0.140. The van der Waals surface area contributed by atoms with E-state index in [4.69, 9.17) is 9.47 Å². The molecule has 1 aliphatic heterocycles. The molecule has 0 bridgehead atoms. The van der Waals surface area contributed by atoms with E-state index in [9.17, 15) is 14.4 Å². The van der Waals surface area contributed by atoms with Gasteiger partial charge in [0, 0.05) is 12.8 Å². The number of carbonyl (C=O) groups is 3. The maximum Gasteiger partial charge on any atom is 0.315 e. The Balaban J connectivity index is 1.71. The standard InChI is InChI=1S/C26H27NO5/c1-16-4-5-17(2)21(14-16)23-24(26(27-25(23)30)12-10-19(28)11-13-26)32-22(29)15-18-6-8-20(31-3)9-7-18/h4-9,14H,10-13,15H2,1-3H3,(H,27,30). The maximum atomic E-state index is 13.2. The van der Waals surface area contributed by atoms with Gasteiger partial charge < -0.3 is 14.8 Å². The van der Waals surface area contributed by atoms with Gasteiger partial charge in [0.05, 0.1) is 19.1 Å². The van der Waals surface area contributed by atoms with Crippen LogP contribution < -0.4 is 10.1 Å². The van der Waals surface area contributed by atoms with Crippen molar-refractivity contribution in [3.8, 4) is 5.75 Å². The van der Waals surface area contributed by atoms with E-state index in [0.717, 1.165) is 22.3 Å². The van der Waals surface area contributed by atoms with Crippen molar-refractivity contribution in [2.45, 2.75) is 51.5 Å². The Morgan fingerprint density at radius 3 is 2.38 bits per heavy atom. The average molecular weight is 434 g/mol. The van der Waals surface area contributed by atoms with Crippen molar-refractivity contribution in [2.75, 3.05) is 7.11 Å². The Bertz CT molecular complexity index is 1100. The van der Waals surface area contributed by atoms with Crippen LogP contribution in [0, 0.1) is 13.8 Å². The van der Waals surface area contributed by atoms with Crippen LogP contribution in [0.25, 0.3) is 5.57 Å². The summed E-state index contributed by atoms with van der Waals surface area (Å²) in [6, 6.07) is 13.1. The van der Waals surface area contributed by atoms with E-state index in [2.05, 4.69) is 5.32 Å². The highest BCUT2D eigenvalue weighted by atomic mass is 16.5. The second-order valence-corrected chi connectivity index (χ2v) is 8.60. The van der Waals surface area contributed by atoms with Crippen molar-refractivity contribution in [2.24, 2.45) is 0 Å². The molecule has 1 saturated carbocycles. The number of ketones is 1. The van der Waals surface area contributed by atoms with E-state index in [1.54, 1.807) is 19.2 Å². The predicted octanol–water partition coefficient (Wildman–Crippen LogP) is 3.82. The molecule has 4 rings (SSSR count). The molecule has 1 spiro atoms. The van der Waals surface area contributed by atoms with Crippen LogP contribution in [0.5, 0.6) is 5.75 Å².